The van der Waals surface area contributed by atoms with Gasteiger partial charge in [0.15, 0.2) is 0 Å². The smallest absolute Gasteiger partial charge is 0.123 e. The topological polar surface area (TPSA) is 15.3 Å². The van der Waals surface area contributed by atoms with Gasteiger partial charge in [-0.2, -0.15) is 0 Å². The summed E-state index contributed by atoms with van der Waals surface area (Å²) in [6.07, 6.45) is 3.74. The molecule has 1 aromatic carbocycles. The molecule has 0 amide bonds. The van der Waals surface area contributed by atoms with Crippen LogP contribution in [0.2, 0.25) is 0 Å². The van der Waals surface area contributed by atoms with Crippen molar-refractivity contribution < 1.29 is 4.39 Å². The van der Waals surface area contributed by atoms with Crippen LogP contribution in [0, 0.1) is 11.7 Å². The number of nitrogens with zero attached hydrogens (tertiary/aromatic N) is 1. The van der Waals surface area contributed by atoms with Gasteiger partial charge in [-0.1, -0.05) is 6.92 Å². The average Bonchev–Trinajstić information content (AvgIpc) is 3.27. The number of halogens is 1. The van der Waals surface area contributed by atoms with E-state index in [1.54, 1.807) is 12.1 Å². The lowest BCUT2D eigenvalue weighted by atomic mass is 10.0. The molecule has 0 aromatic heterocycles. The van der Waals surface area contributed by atoms with Crippen LogP contribution in [0.5, 0.6) is 0 Å². The van der Waals surface area contributed by atoms with E-state index >= 15 is 0 Å². The number of hydrogen-bond donors (Lipinski definition) is 1. The number of rotatable bonds is 7. The van der Waals surface area contributed by atoms with Crippen LogP contribution in [0.4, 0.5) is 10.1 Å². The van der Waals surface area contributed by atoms with Gasteiger partial charge in [-0.25, -0.2) is 4.39 Å². The molecule has 0 spiro atoms. The van der Waals surface area contributed by atoms with E-state index in [0.717, 1.165) is 30.1 Å². The Kier molecular flexibility index (Phi) is 5.03. The van der Waals surface area contributed by atoms with Gasteiger partial charge in [0.2, 0.25) is 0 Å². The third-order valence-corrected chi connectivity index (χ3v) is 4.45. The lowest BCUT2D eigenvalue weighted by Crippen LogP contribution is -2.32. The molecule has 0 aliphatic heterocycles. The molecular weight excluding hydrogens is 251 g/mol. The molecule has 2 rings (SSSR count). The molecule has 20 heavy (non-hydrogen) atoms. The predicted octanol–water partition coefficient (Wildman–Crippen LogP) is 4.12. The highest BCUT2D eigenvalue weighted by molar-refractivity contribution is 5.55. The molecule has 1 aromatic rings. The Hall–Kier alpha value is -1.09. The number of nitrogens with one attached hydrogen (secondary N) is 1. The van der Waals surface area contributed by atoms with Gasteiger partial charge in [0.1, 0.15) is 5.82 Å². The van der Waals surface area contributed by atoms with Gasteiger partial charge in [0, 0.05) is 24.8 Å². The fourth-order valence-electron chi connectivity index (χ4n) is 2.78. The van der Waals surface area contributed by atoms with Crippen LogP contribution < -0.4 is 10.2 Å². The Bertz CT molecular complexity index is 443. The van der Waals surface area contributed by atoms with E-state index in [1.807, 2.05) is 6.07 Å². The van der Waals surface area contributed by atoms with Crippen LogP contribution >= 0.6 is 0 Å². The molecule has 1 fully saturated rings. The lowest BCUT2D eigenvalue weighted by Gasteiger charge is -2.31. The molecule has 1 aliphatic carbocycles. The molecule has 0 radical (unpaired) electrons. The predicted molar refractivity (Wildman–Crippen MR) is 83.7 cm³/mol. The molecule has 2 unspecified atom stereocenters. The third-order valence-electron chi connectivity index (χ3n) is 4.45. The maximum absolute atomic E-state index is 13.6. The van der Waals surface area contributed by atoms with Crippen LogP contribution in [0.1, 0.15) is 51.6 Å². The van der Waals surface area contributed by atoms with Crippen molar-refractivity contribution in [1.29, 1.82) is 0 Å². The van der Waals surface area contributed by atoms with Gasteiger partial charge in [-0.15, -0.1) is 0 Å². The Morgan fingerprint density at radius 1 is 1.35 bits per heavy atom. The minimum atomic E-state index is -0.152. The Morgan fingerprint density at radius 2 is 2.05 bits per heavy atom. The molecule has 1 saturated carbocycles. The van der Waals surface area contributed by atoms with Crippen molar-refractivity contribution in [3.8, 4) is 0 Å². The molecule has 112 valence electrons. The largest absolute Gasteiger partial charge is 0.371 e. The summed E-state index contributed by atoms with van der Waals surface area (Å²) in [5.41, 5.74) is 2.22. The maximum atomic E-state index is 13.6. The Balaban J connectivity index is 2.22. The quantitative estimate of drug-likeness (QED) is 0.807. The van der Waals surface area contributed by atoms with Gasteiger partial charge < -0.3 is 10.2 Å². The zero-order valence-electron chi connectivity index (χ0n) is 13.1. The molecule has 0 bridgehead atoms. The lowest BCUT2D eigenvalue weighted by molar-refractivity contribution is 0.553. The number of anilines is 1. The summed E-state index contributed by atoms with van der Waals surface area (Å²) >= 11 is 0. The second-order valence-corrected chi connectivity index (χ2v) is 6.07. The van der Waals surface area contributed by atoms with E-state index in [2.05, 4.69) is 38.0 Å². The van der Waals surface area contributed by atoms with Crippen LogP contribution in [0.15, 0.2) is 18.2 Å². The fourth-order valence-corrected chi connectivity index (χ4v) is 2.78. The van der Waals surface area contributed by atoms with E-state index in [4.69, 9.17) is 0 Å². The summed E-state index contributed by atoms with van der Waals surface area (Å²) in [5.74, 6) is 0.651. The summed E-state index contributed by atoms with van der Waals surface area (Å²) in [4.78, 5) is 2.32. The van der Waals surface area contributed by atoms with Gasteiger partial charge in [-0.05, 0) is 69.3 Å². The molecule has 2 atom stereocenters. The summed E-state index contributed by atoms with van der Waals surface area (Å²) in [6.45, 7) is 7.49. The first-order valence-electron chi connectivity index (χ1n) is 7.80. The molecule has 1 aliphatic rings. The highest BCUT2D eigenvalue weighted by atomic mass is 19.1. The second kappa shape index (κ2) is 6.57. The third kappa shape index (κ3) is 3.51. The van der Waals surface area contributed by atoms with Crippen molar-refractivity contribution >= 4 is 5.69 Å². The monoisotopic (exact) mass is 278 g/mol. The van der Waals surface area contributed by atoms with Crippen LogP contribution in [0.25, 0.3) is 0 Å². The highest BCUT2D eigenvalue weighted by Crippen LogP contribution is 2.38. The van der Waals surface area contributed by atoms with Crippen molar-refractivity contribution in [3.05, 3.63) is 29.6 Å². The molecule has 3 heteroatoms. The highest BCUT2D eigenvalue weighted by Gasteiger charge is 2.31. The van der Waals surface area contributed by atoms with E-state index in [0.29, 0.717) is 6.04 Å². The van der Waals surface area contributed by atoms with Gasteiger partial charge in [0.25, 0.3) is 0 Å². The van der Waals surface area contributed by atoms with Gasteiger partial charge >= 0.3 is 0 Å². The average molecular weight is 278 g/mol. The summed E-state index contributed by atoms with van der Waals surface area (Å²) in [7, 11) is 2.13. The molecule has 2 nitrogen and oxygen atoms in total. The standard InChI is InChI=1S/C17H27FN2/c1-5-10-19-12(2)16-11-15(18)8-9-17(16)20(4)13(3)14-6-7-14/h8-9,11-14,19H,5-7,10H2,1-4H3. The van der Waals surface area contributed by atoms with E-state index in [1.165, 1.54) is 12.8 Å². The van der Waals surface area contributed by atoms with Gasteiger partial charge in [-0.3, -0.25) is 0 Å². The molecule has 0 saturated heterocycles. The zero-order valence-corrected chi connectivity index (χ0v) is 13.1. The van der Waals surface area contributed by atoms with Crippen molar-refractivity contribution in [2.24, 2.45) is 5.92 Å². The summed E-state index contributed by atoms with van der Waals surface area (Å²) in [5, 5.41) is 3.46. The van der Waals surface area contributed by atoms with Crippen molar-refractivity contribution in [2.45, 2.75) is 52.1 Å². The fraction of sp³-hybridized carbons (Fsp3) is 0.647. The minimum Gasteiger partial charge on any atom is -0.371 e. The first-order chi connectivity index (χ1) is 9.54. The van der Waals surface area contributed by atoms with Crippen molar-refractivity contribution in [3.63, 3.8) is 0 Å². The number of benzene rings is 1. The maximum Gasteiger partial charge on any atom is 0.123 e. The van der Waals surface area contributed by atoms with E-state index < -0.39 is 0 Å². The second-order valence-electron chi connectivity index (χ2n) is 6.07. The Morgan fingerprint density at radius 3 is 2.65 bits per heavy atom. The van der Waals surface area contributed by atoms with Crippen LogP contribution in [-0.2, 0) is 0 Å². The summed E-state index contributed by atoms with van der Waals surface area (Å²) < 4.78 is 13.6. The minimum absolute atomic E-state index is 0.152. The SMILES string of the molecule is CCCNC(C)c1cc(F)ccc1N(C)C(C)C1CC1. The molecule has 1 N–H and O–H groups in total. The van der Waals surface area contributed by atoms with Crippen LogP contribution in [0.3, 0.4) is 0 Å². The Labute approximate surface area is 122 Å². The summed E-state index contributed by atoms with van der Waals surface area (Å²) in [6, 6.07) is 5.88. The van der Waals surface area contributed by atoms with Gasteiger partial charge in [0.05, 0.1) is 0 Å². The molecule has 0 heterocycles. The zero-order chi connectivity index (χ0) is 14.7. The molecular formula is C17H27FN2. The van der Waals surface area contributed by atoms with Crippen molar-refractivity contribution in [1.82, 2.24) is 5.32 Å². The normalized spacial score (nSPS) is 17.9. The first-order valence-corrected chi connectivity index (χ1v) is 7.80. The van der Waals surface area contributed by atoms with Crippen molar-refractivity contribution in [2.75, 3.05) is 18.5 Å². The number of hydrogen-bond acceptors (Lipinski definition) is 2. The first kappa shape index (κ1) is 15.3. The van der Waals surface area contributed by atoms with E-state index in [-0.39, 0.29) is 11.9 Å². The van der Waals surface area contributed by atoms with Crippen LogP contribution in [-0.4, -0.2) is 19.6 Å². The van der Waals surface area contributed by atoms with E-state index in [9.17, 15) is 4.39 Å².